The Kier molecular flexibility index (Phi) is 8.49. The number of imidazole rings is 1. The second-order valence-electron chi connectivity index (χ2n) is 14.2. The maximum atomic E-state index is 14.4. The number of nitrogens with one attached hydrogen (secondary N) is 2. The van der Waals surface area contributed by atoms with Gasteiger partial charge in [-0.15, -0.1) is 13.2 Å². The van der Waals surface area contributed by atoms with Gasteiger partial charge in [-0.25, -0.2) is 14.3 Å². The lowest BCUT2D eigenvalue weighted by Crippen LogP contribution is -2.52. The zero-order chi connectivity index (χ0) is 39.1. The Labute approximate surface area is 320 Å². The number of rotatable bonds is 10. The van der Waals surface area contributed by atoms with Crippen molar-refractivity contribution in [1.29, 1.82) is 0 Å². The van der Waals surface area contributed by atoms with E-state index in [9.17, 15) is 31.9 Å². The van der Waals surface area contributed by atoms with E-state index in [-0.39, 0.29) is 39.7 Å². The van der Waals surface area contributed by atoms with E-state index >= 15 is 0 Å². The van der Waals surface area contributed by atoms with Crippen LogP contribution in [0.1, 0.15) is 54.4 Å². The van der Waals surface area contributed by atoms with Gasteiger partial charge in [-0.05, 0) is 68.5 Å². The van der Waals surface area contributed by atoms with Gasteiger partial charge in [0.1, 0.15) is 22.5 Å². The predicted octanol–water partition coefficient (Wildman–Crippen LogP) is 6.73. The van der Waals surface area contributed by atoms with Crippen molar-refractivity contribution in [2.24, 2.45) is 7.05 Å². The van der Waals surface area contributed by atoms with Crippen LogP contribution in [0.4, 0.5) is 29.2 Å². The third-order valence-corrected chi connectivity index (χ3v) is 10.7. The van der Waals surface area contributed by atoms with Gasteiger partial charge in [-0.1, -0.05) is 41.4 Å². The molecule has 18 heteroatoms. The molecule has 12 nitrogen and oxygen atoms in total. The Morgan fingerprint density at radius 2 is 1.62 bits per heavy atom. The van der Waals surface area contributed by atoms with Crippen LogP contribution in [-0.2, 0) is 34.1 Å². The number of ether oxygens (including phenoxy) is 1. The van der Waals surface area contributed by atoms with Gasteiger partial charge in [0.2, 0.25) is 11.9 Å². The van der Waals surface area contributed by atoms with Crippen molar-refractivity contribution < 1.29 is 36.7 Å². The molecule has 0 bridgehead atoms. The lowest BCUT2D eigenvalue weighted by atomic mass is 9.91. The zero-order valence-corrected chi connectivity index (χ0v) is 30.6. The first kappa shape index (κ1) is 36.5. The molecule has 0 spiro atoms. The molecule has 3 aromatic heterocycles. The average Bonchev–Trinajstić information content (AvgIpc) is 3.98. The lowest BCUT2D eigenvalue weighted by molar-refractivity contribution is -0.274. The highest BCUT2D eigenvalue weighted by atomic mass is 35.5. The molecule has 284 valence electrons. The summed E-state index contributed by atoms with van der Waals surface area (Å²) in [6.07, 6.45) is 3.60. The number of benzene rings is 2. The molecule has 0 unspecified atom stereocenters. The van der Waals surface area contributed by atoms with Crippen molar-refractivity contribution in [2.45, 2.75) is 62.0 Å². The summed E-state index contributed by atoms with van der Waals surface area (Å²) < 4.78 is 60.0. The van der Waals surface area contributed by atoms with E-state index in [1.165, 1.54) is 42.0 Å². The number of aromatic nitrogens is 5. The molecule has 2 aliphatic carbocycles. The molecule has 3 aliphatic rings. The first-order valence-corrected chi connectivity index (χ1v) is 17.8. The number of halogens is 6. The van der Waals surface area contributed by atoms with Crippen LogP contribution >= 0.6 is 23.2 Å². The number of carbonyl (C=O) groups excluding carboxylic acids is 3. The maximum absolute atomic E-state index is 14.4. The van der Waals surface area contributed by atoms with Gasteiger partial charge in [0, 0.05) is 37.0 Å². The van der Waals surface area contributed by atoms with Crippen LogP contribution in [0.2, 0.25) is 10.0 Å². The first-order chi connectivity index (χ1) is 26.0. The predicted molar refractivity (Wildman–Crippen MR) is 191 cm³/mol. The minimum Gasteiger partial charge on any atom is -0.406 e. The highest BCUT2D eigenvalue weighted by Crippen LogP contribution is 2.48. The maximum Gasteiger partial charge on any atom is 0.573 e. The molecule has 8 rings (SSSR count). The third kappa shape index (κ3) is 6.56. The summed E-state index contributed by atoms with van der Waals surface area (Å²) in [7, 11) is 1.82. The minimum absolute atomic E-state index is 0.0274. The van der Waals surface area contributed by atoms with Gasteiger partial charge >= 0.3 is 6.36 Å². The second kappa shape index (κ2) is 12.8. The Morgan fingerprint density at radius 3 is 2.18 bits per heavy atom. The summed E-state index contributed by atoms with van der Waals surface area (Å²) in [5, 5.41) is 9.46. The molecule has 3 amide bonds. The standard InChI is InChI=1S/C37H30Cl2F4N8O4/c1-34(15-20-3-6-24(7-4-20)55-37(41,42)43)32(54)50(23-13-25(38)29(40)26(39)14-23)33-45-18-27(51(33)34)30(52)47-36(11-12-36)31(53)48-35(9-10-35)28-8-5-21(16-44-28)22-17-46-49(2)19-22/h3-8,13-14,16-19H,9-12,15H2,1-2H3,(H,47,52)(H,48,53)/t34-/m1/s1. The van der Waals surface area contributed by atoms with Gasteiger partial charge < -0.3 is 15.4 Å². The number of hydrogen-bond donors (Lipinski definition) is 2. The van der Waals surface area contributed by atoms with E-state index in [1.807, 2.05) is 25.4 Å². The van der Waals surface area contributed by atoms with E-state index in [4.69, 9.17) is 23.2 Å². The van der Waals surface area contributed by atoms with Crippen LogP contribution in [0.15, 0.2) is 73.3 Å². The Hall–Kier alpha value is -5.48. The summed E-state index contributed by atoms with van der Waals surface area (Å²) in [6.45, 7) is 1.53. The molecule has 2 saturated carbocycles. The van der Waals surface area contributed by atoms with Gasteiger partial charge in [0.15, 0.2) is 5.82 Å². The van der Waals surface area contributed by atoms with Crippen LogP contribution in [0, 0.1) is 5.82 Å². The molecule has 2 aromatic carbocycles. The van der Waals surface area contributed by atoms with Crippen LogP contribution in [0.5, 0.6) is 5.75 Å². The van der Waals surface area contributed by atoms with E-state index in [1.54, 1.807) is 17.1 Å². The quantitative estimate of drug-likeness (QED) is 0.118. The fourth-order valence-corrected chi connectivity index (χ4v) is 7.45. The van der Waals surface area contributed by atoms with E-state index in [0.29, 0.717) is 36.9 Å². The molecular weight excluding hydrogens is 767 g/mol. The first-order valence-electron chi connectivity index (χ1n) is 17.0. The monoisotopic (exact) mass is 796 g/mol. The van der Waals surface area contributed by atoms with E-state index in [0.717, 1.165) is 28.2 Å². The molecule has 0 radical (unpaired) electrons. The van der Waals surface area contributed by atoms with Gasteiger partial charge in [-0.3, -0.25) is 28.6 Å². The molecule has 55 heavy (non-hydrogen) atoms. The molecule has 2 N–H and O–H groups in total. The van der Waals surface area contributed by atoms with Crippen molar-refractivity contribution in [2.75, 3.05) is 4.90 Å². The summed E-state index contributed by atoms with van der Waals surface area (Å²) in [6, 6.07) is 11.1. The van der Waals surface area contributed by atoms with Gasteiger partial charge in [-0.2, -0.15) is 5.10 Å². The topological polar surface area (TPSA) is 136 Å². The third-order valence-electron chi connectivity index (χ3n) is 10.2. The number of pyridine rings is 1. The lowest BCUT2D eigenvalue weighted by Gasteiger charge is -2.27. The normalized spacial score (nSPS) is 19.2. The number of alkyl halides is 3. The largest absolute Gasteiger partial charge is 0.573 e. The van der Waals surface area contributed by atoms with Crippen LogP contribution < -0.4 is 20.3 Å². The highest BCUT2D eigenvalue weighted by Gasteiger charge is 2.57. The molecule has 1 atom stereocenters. The molecular formula is C37H30Cl2F4N8O4. The average molecular weight is 798 g/mol. The molecule has 0 saturated heterocycles. The number of hydrogen-bond acceptors (Lipinski definition) is 7. The number of aryl methyl sites for hydroxylation is 1. The van der Waals surface area contributed by atoms with Gasteiger partial charge in [0.05, 0.1) is 39.4 Å². The van der Waals surface area contributed by atoms with Crippen LogP contribution in [0.3, 0.4) is 0 Å². The fraction of sp³-hybridized carbons (Fsp3) is 0.297. The van der Waals surface area contributed by atoms with E-state index in [2.05, 4.69) is 30.4 Å². The number of fused-ring (bicyclic) bond motifs is 1. The Morgan fingerprint density at radius 1 is 0.927 bits per heavy atom. The Balaban J connectivity index is 1.07. The summed E-state index contributed by atoms with van der Waals surface area (Å²) in [4.78, 5) is 52.6. The number of carbonyl (C=O) groups is 3. The van der Waals surface area contributed by atoms with Crippen molar-refractivity contribution in [3.05, 3.63) is 106 Å². The summed E-state index contributed by atoms with van der Waals surface area (Å²) >= 11 is 12.2. The van der Waals surface area contributed by atoms with Crippen LogP contribution in [0.25, 0.3) is 11.1 Å². The number of anilines is 2. The molecule has 2 fully saturated rings. The molecule has 5 aromatic rings. The number of nitrogens with zero attached hydrogens (tertiary/aromatic N) is 6. The summed E-state index contributed by atoms with van der Waals surface area (Å²) in [5.74, 6) is -3.08. The summed E-state index contributed by atoms with van der Waals surface area (Å²) in [5.41, 5.74) is -0.652. The van der Waals surface area contributed by atoms with Crippen molar-refractivity contribution in [1.82, 2.24) is 34.9 Å². The Bertz CT molecular complexity index is 2350. The fourth-order valence-electron chi connectivity index (χ4n) is 6.98. The van der Waals surface area contributed by atoms with Crippen molar-refractivity contribution in [3.63, 3.8) is 0 Å². The van der Waals surface area contributed by atoms with Crippen molar-refractivity contribution >= 4 is 52.6 Å². The highest BCUT2D eigenvalue weighted by molar-refractivity contribution is 6.35. The zero-order valence-electron chi connectivity index (χ0n) is 29.0. The number of amides is 3. The van der Waals surface area contributed by atoms with Crippen molar-refractivity contribution in [3.8, 4) is 16.9 Å². The van der Waals surface area contributed by atoms with Crippen LogP contribution in [-0.4, -0.2) is 53.9 Å². The smallest absolute Gasteiger partial charge is 0.406 e. The SMILES string of the molecule is Cn1cc(-c2ccc(C3(NC(=O)C4(NC(=O)c5cnc6n5[C@](C)(Cc5ccc(OC(F)(F)F)cc5)C(=O)N6c5cc(Cl)c(F)c(Cl)c5)CC4)CC3)nc2)cn1. The van der Waals surface area contributed by atoms with E-state index < -0.39 is 46.4 Å². The second-order valence-corrected chi connectivity index (χ2v) is 15.0. The van der Waals surface area contributed by atoms with Gasteiger partial charge in [0.25, 0.3) is 11.8 Å². The minimum atomic E-state index is -4.90. The molecule has 4 heterocycles. The molecule has 1 aliphatic heterocycles.